The predicted octanol–water partition coefficient (Wildman–Crippen LogP) is 0.0775. The molecule has 0 spiro atoms. The SMILES string of the molecule is O=C/C=C/C1C=C(N2CCNCC2)C=CC1O. The van der Waals surface area contributed by atoms with E-state index in [0.717, 1.165) is 38.2 Å². The van der Waals surface area contributed by atoms with Crippen LogP contribution in [-0.2, 0) is 4.79 Å². The highest BCUT2D eigenvalue weighted by atomic mass is 16.3. The van der Waals surface area contributed by atoms with Crippen LogP contribution < -0.4 is 5.32 Å². The van der Waals surface area contributed by atoms with Crippen LogP contribution in [0, 0.1) is 5.92 Å². The monoisotopic (exact) mass is 234 g/mol. The lowest BCUT2D eigenvalue weighted by Gasteiger charge is -2.33. The first kappa shape index (κ1) is 12.1. The number of hydrogen-bond acceptors (Lipinski definition) is 4. The van der Waals surface area contributed by atoms with Gasteiger partial charge in [-0.2, -0.15) is 0 Å². The van der Waals surface area contributed by atoms with Gasteiger partial charge in [-0.3, -0.25) is 4.79 Å². The summed E-state index contributed by atoms with van der Waals surface area (Å²) in [5.41, 5.74) is 1.14. The Balaban J connectivity index is 2.08. The summed E-state index contributed by atoms with van der Waals surface area (Å²) in [6.45, 7) is 3.94. The molecule has 4 heteroatoms. The fourth-order valence-corrected chi connectivity index (χ4v) is 2.15. The molecule has 2 atom stereocenters. The molecule has 1 aliphatic carbocycles. The topological polar surface area (TPSA) is 52.6 Å². The summed E-state index contributed by atoms with van der Waals surface area (Å²) in [6, 6.07) is 0. The van der Waals surface area contributed by atoms with Crippen molar-refractivity contribution in [3.05, 3.63) is 36.1 Å². The molecule has 0 radical (unpaired) electrons. The zero-order chi connectivity index (χ0) is 12.1. The van der Waals surface area contributed by atoms with Crippen LogP contribution in [0.2, 0.25) is 0 Å². The Kier molecular flexibility index (Phi) is 4.12. The number of rotatable bonds is 3. The minimum Gasteiger partial charge on any atom is -0.388 e. The Morgan fingerprint density at radius 2 is 2.18 bits per heavy atom. The molecule has 2 aliphatic rings. The molecule has 92 valence electrons. The number of aliphatic hydroxyl groups excluding tert-OH is 1. The zero-order valence-electron chi connectivity index (χ0n) is 9.75. The first-order chi connectivity index (χ1) is 8.31. The molecule has 0 amide bonds. The van der Waals surface area contributed by atoms with E-state index in [9.17, 15) is 9.90 Å². The summed E-state index contributed by atoms with van der Waals surface area (Å²) in [5.74, 6) is -0.102. The van der Waals surface area contributed by atoms with Crippen molar-refractivity contribution in [2.75, 3.05) is 26.2 Å². The number of nitrogens with one attached hydrogen (secondary N) is 1. The molecule has 1 saturated heterocycles. The van der Waals surface area contributed by atoms with Crippen molar-refractivity contribution in [1.82, 2.24) is 10.2 Å². The van der Waals surface area contributed by atoms with Crippen molar-refractivity contribution in [1.29, 1.82) is 0 Å². The summed E-state index contributed by atoms with van der Waals surface area (Å²) in [4.78, 5) is 12.6. The number of nitrogens with zero attached hydrogens (tertiary/aromatic N) is 1. The van der Waals surface area contributed by atoms with Gasteiger partial charge in [0.2, 0.25) is 0 Å². The average Bonchev–Trinajstić information content (AvgIpc) is 2.39. The van der Waals surface area contributed by atoms with Gasteiger partial charge in [0.1, 0.15) is 6.29 Å². The molecule has 2 unspecified atom stereocenters. The molecule has 1 heterocycles. The largest absolute Gasteiger partial charge is 0.388 e. The van der Waals surface area contributed by atoms with Gasteiger partial charge in [-0.25, -0.2) is 0 Å². The molecule has 0 saturated carbocycles. The highest BCUT2D eigenvalue weighted by Crippen LogP contribution is 2.21. The van der Waals surface area contributed by atoms with Gasteiger partial charge in [0.25, 0.3) is 0 Å². The van der Waals surface area contributed by atoms with Crippen LogP contribution in [0.4, 0.5) is 0 Å². The van der Waals surface area contributed by atoms with E-state index in [2.05, 4.69) is 10.2 Å². The number of allylic oxidation sites excluding steroid dienone is 2. The maximum Gasteiger partial charge on any atom is 0.142 e. The smallest absolute Gasteiger partial charge is 0.142 e. The van der Waals surface area contributed by atoms with E-state index < -0.39 is 6.10 Å². The van der Waals surface area contributed by atoms with Crippen LogP contribution in [0.3, 0.4) is 0 Å². The first-order valence-corrected chi connectivity index (χ1v) is 5.97. The summed E-state index contributed by atoms with van der Waals surface area (Å²) in [5, 5.41) is 13.1. The van der Waals surface area contributed by atoms with Crippen LogP contribution in [0.15, 0.2) is 36.1 Å². The third kappa shape index (κ3) is 3.05. The highest BCUT2D eigenvalue weighted by Gasteiger charge is 2.19. The van der Waals surface area contributed by atoms with Crippen LogP contribution in [0.1, 0.15) is 0 Å². The molecule has 1 fully saturated rings. The minimum atomic E-state index is -0.530. The molecule has 0 aromatic carbocycles. The fourth-order valence-electron chi connectivity index (χ4n) is 2.15. The van der Waals surface area contributed by atoms with Gasteiger partial charge in [-0.05, 0) is 12.2 Å². The summed E-state index contributed by atoms with van der Waals surface area (Å²) in [7, 11) is 0. The maximum absolute atomic E-state index is 10.3. The van der Waals surface area contributed by atoms with Gasteiger partial charge >= 0.3 is 0 Å². The second kappa shape index (κ2) is 5.80. The number of aldehydes is 1. The lowest BCUT2D eigenvalue weighted by molar-refractivity contribution is -0.104. The van der Waals surface area contributed by atoms with E-state index >= 15 is 0 Å². The van der Waals surface area contributed by atoms with Crippen LogP contribution in [0.5, 0.6) is 0 Å². The Hall–Kier alpha value is -1.39. The van der Waals surface area contributed by atoms with Crippen molar-refractivity contribution in [2.45, 2.75) is 6.10 Å². The quantitative estimate of drug-likeness (QED) is 0.536. The Morgan fingerprint density at radius 1 is 1.41 bits per heavy atom. The van der Waals surface area contributed by atoms with Crippen LogP contribution in [0.25, 0.3) is 0 Å². The molecule has 2 N–H and O–H groups in total. The van der Waals surface area contributed by atoms with E-state index in [4.69, 9.17) is 0 Å². The van der Waals surface area contributed by atoms with Gasteiger partial charge in [-0.1, -0.05) is 18.2 Å². The summed E-state index contributed by atoms with van der Waals surface area (Å²) in [6.07, 6.45) is 9.16. The van der Waals surface area contributed by atoms with Crippen LogP contribution in [-0.4, -0.2) is 48.6 Å². The van der Waals surface area contributed by atoms with E-state index in [-0.39, 0.29) is 5.92 Å². The Morgan fingerprint density at radius 3 is 2.88 bits per heavy atom. The highest BCUT2D eigenvalue weighted by molar-refractivity contribution is 5.64. The number of hydrogen-bond donors (Lipinski definition) is 2. The van der Waals surface area contributed by atoms with Crippen molar-refractivity contribution in [3.63, 3.8) is 0 Å². The number of carbonyl (C=O) groups is 1. The predicted molar refractivity (Wildman–Crippen MR) is 66.4 cm³/mol. The molecule has 2 rings (SSSR count). The second-order valence-electron chi connectivity index (χ2n) is 4.28. The van der Waals surface area contributed by atoms with Gasteiger partial charge in [0, 0.05) is 37.8 Å². The standard InChI is InChI=1S/C13H18N2O2/c16-9-1-2-11-10-12(3-4-13(11)17)15-7-5-14-6-8-15/h1-4,9-11,13-14,17H,5-8H2/b2-1+. The zero-order valence-corrected chi connectivity index (χ0v) is 9.75. The first-order valence-electron chi connectivity index (χ1n) is 5.97. The van der Waals surface area contributed by atoms with Crippen molar-refractivity contribution < 1.29 is 9.90 Å². The van der Waals surface area contributed by atoms with Crippen LogP contribution >= 0.6 is 0 Å². The van der Waals surface area contributed by atoms with E-state index in [1.165, 1.54) is 6.08 Å². The van der Waals surface area contributed by atoms with Crippen molar-refractivity contribution in [2.24, 2.45) is 5.92 Å². The lowest BCUT2D eigenvalue weighted by Crippen LogP contribution is -2.43. The number of aliphatic hydroxyl groups is 1. The molecular formula is C13H18N2O2. The van der Waals surface area contributed by atoms with E-state index in [1.807, 2.05) is 12.2 Å². The minimum absolute atomic E-state index is 0.102. The molecule has 17 heavy (non-hydrogen) atoms. The average molecular weight is 234 g/mol. The second-order valence-corrected chi connectivity index (χ2v) is 4.28. The molecule has 0 bridgehead atoms. The van der Waals surface area contributed by atoms with Gasteiger partial charge in [0.15, 0.2) is 0 Å². The number of piperazine rings is 1. The van der Waals surface area contributed by atoms with Crippen molar-refractivity contribution in [3.8, 4) is 0 Å². The van der Waals surface area contributed by atoms with Crippen molar-refractivity contribution >= 4 is 6.29 Å². The molecular weight excluding hydrogens is 216 g/mol. The third-order valence-electron chi connectivity index (χ3n) is 3.12. The Bertz CT molecular complexity index is 354. The molecule has 4 nitrogen and oxygen atoms in total. The summed E-state index contributed by atoms with van der Waals surface area (Å²) < 4.78 is 0. The maximum atomic E-state index is 10.3. The summed E-state index contributed by atoms with van der Waals surface area (Å²) >= 11 is 0. The number of carbonyl (C=O) groups excluding carboxylic acids is 1. The molecule has 1 aliphatic heterocycles. The van der Waals surface area contributed by atoms with Gasteiger partial charge in [0.05, 0.1) is 6.10 Å². The van der Waals surface area contributed by atoms with Gasteiger partial charge in [-0.15, -0.1) is 0 Å². The molecule has 0 aromatic rings. The lowest BCUT2D eigenvalue weighted by atomic mass is 9.95. The van der Waals surface area contributed by atoms with E-state index in [1.54, 1.807) is 12.2 Å². The van der Waals surface area contributed by atoms with Gasteiger partial charge < -0.3 is 15.3 Å². The Labute approximate surface area is 101 Å². The third-order valence-corrected chi connectivity index (χ3v) is 3.12. The normalized spacial score (nSPS) is 29.5. The van der Waals surface area contributed by atoms with E-state index in [0.29, 0.717) is 0 Å². The fraction of sp³-hybridized carbons (Fsp3) is 0.462. The molecule has 0 aromatic heterocycles.